The summed E-state index contributed by atoms with van der Waals surface area (Å²) in [6.45, 7) is 0.0857. The summed E-state index contributed by atoms with van der Waals surface area (Å²) in [6, 6.07) is 10.8. The van der Waals surface area contributed by atoms with Gasteiger partial charge in [-0.25, -0.2) is 14.0 Å². The van der Waals surface area contributed by atoms with E-state index in [4.69, 9.17) is 0 Å². The van der Waals surface area contributed by atoms with Crippen LogP contribution in [-0.2, 0) is 4.79 Å². The van der Waals surface area contributed by atoms with Crippen molar-refractivity contribution in [1.82, 2.24) is 4.90 Å². The predicted octanol–water partition coefficient (Wildman–Crippen LogP) is 4.27. The molecule has 1 atom stereocenters. The van der Waals surface area contributed by atoms with Crippen LogP contribution in [-0.4, -0.2) is 45.0 Å². The molecule has 0 aliphatic carbocycles. The summed E-state index contributed by atoms with van der Waals surface area (Å²) in [5.74, 6) is -2.13. The highest BCUT2D eigenvalue weighted by Gasteiger charge is 2.51. The van der Waals surface area contributed by atoms with E-state index in [9.17, 15) is 29.0 Å². The van der Waals surface area contributed by atoms with Crippen molar-refractivity contribution >= 4 is 40.4 Å². The lowest BCUT2D eigenvalue weighted by Crippen LogP contribution is -2.53. The fourth-order valence-corrected chi connectivity index (χ4v) is 4.20. The minimum absolute atomic E-state index is 0.0857. The number of carboxylic acid groups (broad SMARTS) is 2. The van der Waals surface area contributed by atoms with Crippen LogP contribution in [0, 0.1) is 9.39 Å². The molecule has 0 spiro atoms. The standard InChI is InChI=1S/C20H17FINO5/c21-14-5-2-12(3-6-14)15-10-13(4-7-16(15)22)17(24)11-20(18(25)26)8-1-9-23(20)19(27)28/h2-7,10H,1,8-9,11H2,(H,25,26)(H,27,28). The van der Waals surface area contributed by atoms with Crippen molar-refractivity contribution in [3.05, 3.63) is 57.4 Å². The van der Waals surface area contributed by atoms with Crippen LogP contribution in [0.5, 0.6) is 0 Å². The van der Waals surface area contributed by atoms with Gasteiger partial charge in [-0.2, -0.15) is 0 Å². The number of carboxylic acids is 1. The zero-order chi connectivity index (χ0) is 20.5. The fourth-order valence-electron chi connectivity index (χ4n) is 3.56. The van der Waals surface area contributed by atoms with Gasteiger partial charge in [0, 0.05) is 22.1 Å². The Morgan fingerprint density at radius 1 is 1.11 bits per heavy atom. The molecule has 1 unspecified atom stereocenters. The van der Waals surface area contributed by atoms with Gasteiger partial charge in [-0.1, -0.05) is 18.2 Å². The summed E-state index contributed by atoms with van der Waals surface area (Å²) in [7, 11) is 0. The number of hydrogen-bond donors (Lipinski definition) is 2. The molecular formula is C20H17FINO5. The number of amides is 1. The van der Waals surface area contributed by atoms with Gasteiger partial charge in [0.2, 0.25) is 0 Å². The second-order valence-electron chi connectivity index (χ2n) is 6.68. The lowest BCUT2D eigenvalue weighted by atomic mass is 9.87. The van der Waals surface area contributed by atoms with Crippen molar-refractivity contribution in [1.29, 1.82) is 0 Å². The molecule has 0 radical (unpaired) electrons. The molecule has 1 saturated heterocycles. The molecule has 8 heteroatoms. The molecule has 28 heavy (non-hydrogen) atoms. The molecule has 1 fully saturated rings. The molecule has 2 aromatic carbocycles. The second-order valence-corrected chi connectivity index (χ2v) is 7.84. The van der Waals surface area contributed by atoms with Gasteiger partial charge >= 0.3 is 12.1 Å². The van der Waals surface area contributed by atoms with E-state index >= 15 is 0 Å². The molecule has 0 saturated carbocycles. The Morgan fingerprint density at radius 3 is 2.39 bits per heavy atom. The van der Waals surface area contributed by atoms with Gasteiger partial charge in [0.25, 0.3) is 0 Å². The highest BCUT2D eigenvalue weighted by molar-refractivity contribution is 14.1. The van der Waals surface area contributed by atoms with Crippen LogP contribution in [0.15, 0.2) is 42.5 Å². The van der Waals surface area contributed by atoms with Gasteiger partial charge in [-0.3, -0.25) is 9.69 Å². The molecule has 6 nitrogen and oxygen atoms in total. The van der Waals surface area contributed by atoms with E-state index < -0.39 is 29.8 Å². The minimum Gasteiger partial charge on any atom is -0.479 e. The summed E-state index contributed by atoms with van der Waals surface area (Å²) < 4.78 is 14.0. The smallest absolute Gasteiger partial charge is 0.408 e. The number of aliphatic carboxylic acids is 1. The molecule has 3 rings (SSSR count). The van der Waals surface area contributed by atoms with Gasteiger partial charge in [0.1, 0.15) is 5.82 Å². The predicted molar refractivity (Wildman–Crippen MR) is 108 cm³/mol. The largest absolute Gasteiger partial charge is 0.479 e. The number of carbonyl (C=O) groups excluding carboxylic acids is 1. The van der Waals surface area contributed by atoms with Crippen LogP contribution in [0.1, 0.15) is 29.6 Å². The van der Waals surface area contributed by atoms with E-state index in [1.54, 1.807) is 30.3 Å². The quantitative estimate of drug-likeness (QED) is 0.476. The number of ketones is 1. The summed E-state index contributed by atoms with van der Waals surface area (Å²) in [4.78, 5) is 37.1. The lowest BCUT2D eigenvalue weighted by Gasteiger charge is -2.32. The first-order valence-electron chi connectivity index (χ1n) is 8.57. The molecule has 1 aliphatic rings. The minimum atomic E-state index is -1.75. The van der Waals surface area contributed by atoms with Crippen LogP contribution in [0.25, 0.3) is 11.1 Å². The van der Waals surface area contributed by atoms with Crippen LogP contribution in [0.2, 0.25) is 0 Å². The van der Waals surface area contributed by atoms with E-state index in [2.05, 4.69) is 22.6 Å². The van der Waals surface area contributed by atoms with Gasteiger partial charge in [0.15, 0.2) is 11.3 Å². The molecule has 0 aromatic heterocycles. The van der Waals surface area contributed by atoms with Gasteiger partial charge < -0.3 is 10.2 Å². The average molecular weight is 497 g/mol. The van der Waals surface area contributed by atoms with Crippen molar-refractivity contribution in [2.45, 2.75) is 24.8 Å². The number of nitrogens with zero attached hydrogens (tertiary/aromatic N) is 1. The monoisotopic (exact) mass is 497 g/mol. The summed E-state index contributed by atoms with van der Waals surface area (Å²) >= 11 is 2.10. The van der Waals surface area contributed by atoms with E-state index in [1.807, 2.05) is 0 Å². The zero-order valence-electron chi connectivity index (χ0n) is 14.7. The SMILES string of the molecule is O=C(CC1(C(=O)O)CCCN1C(=O)O)c1ccc(I)c(-c2ccc(F)cc2)c1. The first-order valence-corrected chi connectivity index (χ1v) is 9.65. The third-order valence-corrected chi connectivity index (χ3v) is 5.95. The average Bonchev–Trinajstić information content (AvgIpc) is 3.08. The number of rotatable bonds is 5. The van der Waals surface area contributed by atoms with Crippen LogP contribution < -0.4 is 0 Å². The molecule has 1 amide bonds. The van der Waals surface area contributed by atoms with E-state index in [0.29, 0.717) is 6.42 Å². The van der Waals surface area contributed by atoms with E-state index in [-0.39, 0.29) is 24.3 Å². The Kier molecular flexibility index (Phi) is 5.69. The van der Waals surface area contributed by atoms with Gasteiger partial charge in [-0.15, -0.1) is 0 Å². The normalized spacial score (nSPS) is 18.9. The number of likely N-dealkylation sites (tertiary alicyclic amines) is 1. The fraction of sp³-hybridized carbons (Fsp3) is 0.250. The number of Topliss-reactive ketones (excluding diaryl/α,β-unsaturated/α-hetero) is 1. The Bertz CT molecular complexity index is 946. The number of hydrogen-bond acceptors (Lipinski definition) is 3. The summed E-state index contributed by atoms with van der Waals surface area (Å²) in [5, 5.41) is 19.0. The highest BCUT2D eigenvalue weighted by Crippen LogP contribution is 2.35. The zero-order valence-corrected chi connectivity index (χ0v) is 16.8. The number of carbonyl (C=O) groups is 3. The van der Waals surface area contributed by atoms with E-state index in [1.165, 1.54) is 12.1 Å². The third kappa shape index (κ3) is 3.73. The number of halogens is 2. The molecule has 146 valence electrons. The topological polar surface area (TPSA) is 94.9 Å². The van der Waals surface area contributed by atoms with Crippen molar-refractivity contribution < 1.29 is 29.0 Å². The van der Waals surface area contributed by atoms with Crippen LogP contribution in [0.4, 0.5) is 9.18 Å². The third-order valence-electron chi connectivity index (χ3n) is 5.01. The Hall–Kier alpha value is -2.49. The van der Waals surface area contributed by atoms with Crippen molar-refractivity contribution in [3.63, 3.8) is 0 Å². The molecule has 1 heterocycles. The molecule has 0 bridgehead atoms. The maximum atomic E-state index is 13.2. The second kappa shape index (κ2) is 7.86. The molecule has 2 aromatic rings. The van der Waals surface area contributed by atoms with E-state index in [0.717, 1.165) is 19.6 Å². The maximum Gasteiger partial charge on any atom is 0.408 e. The highest BCUT2D eigenvalue weighted by atomic mass is 127. The molecule has 1 aliphatic heterocycles. The summed E-state index contributed by atoms with van der Waals surface area (Å²) in [6.07, 6.45) is -1.30. The first kappa shape index (κ1) is 20.2. The van der Waals surface area contributed by atoms with Crippen LogP contribution >= 0.6 is 22.6 Å². The van der Waals surface area contributed by atoms with Crippen molar-refractivity contribution in [2.24, 2.45) is 0 Å². The Balaban J connectivity index is 1.94. The van der Waals surface area contributed by atoms with Gasteiger partial charge in [0.05, 0.1) is 0 Å². The van der Waals surface area contributed by atoms with Crippen molar-refractivity contribution in [2.75, 3.05) is 6.54 Å². The lowest BCUT2D eigenvalue weighted by molar-refractivity contribution is -0.148. The summed E-state index contributed by atoms with van der Waals surface area (Å²) in [5.41, 5.74) is -0.0153. The Morgan fingerprint density at radius 2 is 1.79 bits per heavy atom. The van der Waals surface area contributed by atoms with Gasteiger partial charge in [-0.05, 0) is 70.8 Å². The first-order chi connectivity index (χ1) is 13.2. The van der Waals surface area contributed by atoms with Crippen LogP contribution in [0.3, 0.4) is 0 Å². The number of benzene rings is 2. The Labute approximate surface area is 174 Å². The maximum absolute atomic E-state index is 13.2. The van der Waals surface area contributed by atoms with Crippen molar-refractivity contribution in [3.8, 4) is 11.1 Å². The molecule has 2 N–H and O–H groups in total. The molecular weight excluding hydrogens is 480 g/mol.